The number of imidazole rings is 1. The van der Waals surface area contributed by atoms with Crippen molar-refractivity contribution in [3.05, 3.63) is 30.0 Å². The third-order valence-corrected chi connectivity index (χ3v) is 3.75. The smallest absolute Gasteiger partial charge is 0.358 e. The second kappa shape index (κ2) is 6.70. The topological polar surface area (TPSA) is 76.7 Å². The van der Waals surface area contributed by atoms with E-state index < -0.39 is 5.97 Å². The van der Waals surface area contributed by atoms with Gasteiger partial charge in [0.25, 0.3) is 0 Å². The number of rotatable bonds is 4. The number of benzene rings is 1. The minimum atomic E-state index is -0.432. The zero-order valence-electron chi connectivity index (χ0n) is 13.2. The normalized spacial score (nSPS) is 14.6. The number of aromatic nitrogens is 2. The maximum atomic E-state index is 12.1. The third-order valence-electron chi connectivity index (χ3n) is 3.75. The van der Waals surface area contributed by atoms with Crippen LogP contribution in [0.1, 0.15) is 10.5 Å². The SMILES string of the molecule is COC(=O)c1[nH]c(-c2ccc(OC)cc2)nc1N1CCOCC1. The molecule has 1 N–H and O–H groups in total. The minimum Gasteiger partial charge on any atom is -0.497 e. The summed E-state index contributed by atoms with van der Waals surface area (Å²) in [7, 11) is 2.98. The fraction of sp³-hybridized carbons (Fsp3) is 0.375. The van der Waals surface area contributed by atoms with Crippen LogP contribution in [0.5, 0.6) is 5.75 Å². The zero-order chi connectivity index (χ0) is 16.2. The van der Waals surface area contributed by atoms with Crippen LogP contribution in [0.2, 0.25) is 0 Å². The summed E-state index contributed by atoms with van der Waals surface area (Å²) < 4.78 is 15.4. The van der Waals surface area contributed by atoms with E-state index in [1.165, 1.54) is 7.11 Å². The van der Waals surface area contributed by atoms with Gasteiger partial charge in [-0.05, 0) is 24.3 Å². The van der Waals surface area contributed by atoms with Gasteiger partial charge in [-0.2, -0.15) is 0 Å². The summed E-state index contributed by atoms with van der Waals surface area (Å²) >= 11 is 0. The highest BCUT2D eigenvalue weighted by molar-refractivity contribution is 5.94. The molecule has 122 valence electrons. The van der Waals surface area contributed by atoms with E-state index in [2.05, 4.69) is 9.97 Å². The van der Waals surface area contributed by atoms with Crippen molar-refractivity contribution in [2.24, 2.45) is 0 Å². The Morgan fingerprint density at radius 3 is 2.52 bits per heavy atom. The number of hydrogen-bond acceptors (Lipinski definition) is 6. The van der Waals surface area contributed by atoms with E-state index in [1.54, 1.807) is 7.11 Å². The van der Waals surface area contributed by atoms with Gasteiger partial charge in [0, 0.05) is 18.7 Å². The molecule has 7 nitrogen and oxygen atoms in total. The van der Waals surface area contributed by atoms with E-state index >= 15 is 0 Å². The van der Waals surface area contributed by atoms with E-state index in [0.717, 1.165) is 11.3 Å². The number of H-pyrrole nitrogens is 1. The molecule has 0 atom stereocenters. The van der Waals surface area contributed by atoms with Crippen LogP contribution in [0.15, 0.2) is 24.3 Å². The Kier molecular flexibility index (Phi) is 4.47. The van der Waals surface area contributed by atoms with Gasteiger partial charge in [-0.1, -0.05) is 0 Å². The van der Waals surface area contributed by atoms with Crippen molar-refractivity contribution in [3.8, 4) is 17.1 Å². The number of aromatic amines is 1. The van der Waals surface area contributed by atoms with Gasteiger partial charge < -0.3 is 24.1 Å². The molecule has 7 heteroatoms. The summed E-state index contributed by atoms with van der Waals surface area (Å²) in [6.45, 7) is 2.62. The molecule has 1 aliphatic rings. The molecule has 1 aromatic carbocycles. The molecule has 0 unspecified atom stereocenters. The Morgan fingerprint density at radius 2 is 1.91 bits per heavy atom. The first kappa shape index (κ1) is 15.4. The van der Waals surface area contributed by atoms with Crippen molar-refractivity contribution >= 4 is 11.8 Å². The lowest BCUT2D eigenvalue weighted by molar-refractivity contribution is 0.0594. The number of anilines is 1. The number of nitrogens with zero attached hydrogens (tertiary/aromatic N) is 2. The largest absolute Gasteiger partial charge is 0.497 e. The van der Waals surface area contributed by atoms with Gasteiger partial charge in [0.2, 0.25) is 0 Å². The summed E-state index contributed by atoms with van der Waals surface area (Å²) in [6, 6.07) is 7.48. The highest BCUT2D eigenvalue weighted by atomic mass is 16.5. The lowest BCUT2D eigenvalue weighted by Gasteiger charge is -2.27. The number of carbonyl (C=O) groups is 1. The summed E-state index contributed by atoms with van der Waals surface area (Å²) in [4.78, 5) is 21.8. The number of esters is 1. The van der Waals surface area contributed by atoms with Crippen molar-refractivity contribution in [3.63, 3.8) is 0 Å². The molecule has 0 saturated carbocycles. The molecule has 1 aliphatic heterocycles. The Balaban J connectivity index is 1.97. The predicted molar refractivity (Wildman–Crippen MR) is 84.9 cm³/mol. The monoisotopic (exact) mass is 317 g/mol. The molecule has 0 amide bonds. The fourth-order valence-electron chi connectivity index (χ4n) is 2.50. The number of hydrogen-bond donors (Lipinski definition) is 1. The van der Waals surface area contributed by atoms with E-state index in [0.29, 0.717) is 43.6 Å². The van der Waals surface area contributed by atoms with Crippen LogP contribution in [0.3, 0.4) is 0 Å². The summed E-state index contributed by atoms with van der Waals surface area (Å²) in [5, 5.41) is 0. The van der Waals surface area contributed by atoms with Crippen LogP contribution in [0.4, 0.5) is 5.82 Å². The van der Waals surface area contributed by atoms with Crippen LogP contribution < -0.4 is 9.64 Å². The van der Waals surface area contributed by atoms with Crippen LogP contribution in [-0.4, -0.2) is 56.5 Å². The Hall–Kier alpha value is -2.54. The quantitative estimate of drug-likeness (QED) is 0.865. The summed E-state index contributed by atoms with van der Waals surface area (Å²) in [5.74, 6) is 1.56. The van der Waals surface area contributed by atoms with E-state index in [9.17, 15) is 4.79 Å². The van der Waals surface area contributed by atoms with Crippen molar-refractivity contribution in [1.29, 1.82) is 0 Å². The molecule has 1 fully saturated rings. The van der Waals surface area contributed by atoms with Gasteiger partial charge in [-0.3, -0.25) is 0 Å². The average Bonchev–Trinajstić information content (AvgIpc) is 3.07. The van der Waals surface area contributed by atoms with E-state index in [1.807, 2.05) is 29.2 Å². The highest BCUT2D eigenvalue weighted by Gasteiger charge is 2.24. The van der Waals surface area contributed by atoms with Crippen LogP contribution in [-0.2, 0) is 9.47 Å². The molecule has 2 aromatic rings. The maximum Gasteiger partial charge on any atom is 0.358 e. The van der Waals surface area contributed by atoms with Crippen molar-refractivity contribution in [2.45, 2.75) is 0 Å². The number of nitrogens with one attached hydrogen (secondary N) is 1. The van der Waals surface area contributed by atoms with Crippen LogP contribution in [0.25, 0.3) is 11.4 Å². The lowest BCUT2D eigenvalue weighted by Crippen LogP contribution is -2.37. The van der Waals surface area contributed by atoms with Crippen LogP contribution >= 0.6 is 0 Å². The van der Waals surface area contributed by atoms with Crippen molar-refractivity contribution in [1.82, 2.24) is 9.97 Å². The summed E-state index contributed by atoms with van der Waals surface area (Å²) in [6.07, 6.45) is 0. The first-order valence-corrected chi connectivity index (χ1v) is 7.38. The first-order valence-electron chi connectivity index (χ1n) is 7.38. The molecule has 1 aromatic heterocycles. The highest BCUT2D eigenvalue weighted by Crippen LogP contribution is 2.26. The fourth-order valence-corrected chi connectivity index (χ4v) is 2.50. The van der Waals surface area contributed by atoms with E-state index in [4.69, 9.17) is 14.2 Å². The molecular weight excluding hydrogens is 298 g/mol. The Bertz CT molecular complexity index is 675. The summed E-state index contributed by atoms with van der Waals surface area (Å²) in [5.41, 5.74) is 1.23. The minimum absolute atomic E-state index is 0.361. The standard InChI is InChI=1S/C16H19N3O4/c1-21-12-5-3-11(4-6-12)14-17-13(16(20)22-2)15(18-14)19-7-9-23-10-8-19/h3-6H,7-10H2,1-2H3,(H,17,18). The third kappa shape index (κ3) is 3.14. The van der Waals surface area contributed by atoms with Gasteiger partial charge in [0.15, 0.2) is 11.5 Å². The number of ether oxygens (including phenoxy) is 3. The van der Waals surface area contributed by atoms with Crippen LogP contribution in [0, 0.1) is 0 Å². The molecule has 1 saturated heterocycles. The number of carbonyl (C=O) groups excluding carboxylic acids is 1. The van der Waals surface area contributed by atoms with E-state index in [-0.39, 0.29) is 0 Å². The van der Waals surface area contributed by atoms with Crippen molar-refractivity contribution in [2.75, 3.05) is 45.4 Å². The van der Waals surface area contributed by atoms with Gasteiger partial charge in [0.05, 0.1) is 27.4 Å². The molecule has 0 bridgehead atoms. The average molecular weight is 317 g/mol. The zero-order valence-corrected chi connectivity index (χ0v) is 13.2. The van der Waals surface area contributed by atoms with Gasteiger partial charge in [-0.15, -0.1) is 0 Å². The Labute approximate surface area is 134 Å². The lowest BCUT2D eigenvalue weighted by atomic mass is 10.2. The number of morpholine rings is 1. The molecule has 0 radical (unpaired) electrons. The molecule has 3 rings (SSSR count). The Morgan fingerprint density at radius 1 is 1.22 bits per heavy atom. The second-order valence-corrected chi connectivity index (χ2v) is 5.10. The van der Waals surface area contributed by atoms with Gasteiger partial charge >= 0.3 is 5.97 Å². The van der Waals surface area contributed by atoms with Gasteiger partial charge in [-0.25, -0.2) is 9.78 Å². The number of methoxy groups -OCH3 is 2. The molecule has 2 heterocycles. The second-order valence-electron chi connectivity index (χ2n) is 5.10. The molecule has 23 heavy (non-hydrogen) atoms. The first-order chi connectivity index (χ1) is 11.2. The van der Waals surface area contributed by atoms with Gasteiger partial charge in [0.1, 0.15) is 11.6 Å². The predicted octanol–water partition coefficient (Wildman–Crippen LogP) is 1.71. The molecule has 0 aliphatic carbocycles. The van der Waals surface area contributed by atoms with Crippen molar-refractivity contribution < 1.29 is 19.0 Å². The molecule has 0 spiro atoms. The molecular formula is C16H19N3O4. The maximum absolute atomic E-state index is 12.1.